The highest BCUT2D eigenvalue weighted by atomic mass is 19.4. The molecule has 9 nitrogen and oxygen atoms in total. The van der Waals surface area contributed by atoms with E-state index in [0.717, 1.165) is 4.90 Å². The van der Waals surface area contributed by atoms with Crippen molar-refractivity contribution in [1.29, 1.82) is 0 Å². The number of amides is 3. The summed E-state index contributed by atoms with van der Waals surface area (Å²) in [5.41, 5.74) is -3.27. The van der Waals surface area contributed by atoms with Gasteiger partial charge in [0.15, 0.2) is 11.5 Å². The van der Waals surface area contributed by atoms with Gasteiger partial charge in [-0.05, 0) is 55.0 Å². The monoisotopic (exact) mass is 615 g/mol. The second-order valence-electron chi connectivity index (χ2n) is 9.59. The van der Waals surface area contributed by atoms with Crippen LogP contribution in [0.3, 0.4) is 0 Å². The quantitative estimate of drug-likeness (QED) is 0.279. The van der Waals surface area contributed by atoms with Gasteiger partial charge in [0.2, 0.25) is 12.7 Å². The van der Waals surface area contributed by atoms with Crippen LogP contribution in [0.15, 0.2) is 52.9 Å². The average molecular weight is 616 g/mol. The minimum atomic E-state index is -5.11. The molecule has 0 aliphatic carbocycles. The minimum absolute atomic E-state index is 0.00340. The number of carbonyl (C=O) groups is 2. The predicted octanol–water partition coefficient (Wildman–Crippen LogP) is 6.06. The van der Waals surface area contributed by atoms with Crippen molar-refractivity contribution < 1.29 is 54.6 Å². The van der Waals surface area contributed by atoms with Gasteiger partial charge in [-0.25, -0.2) is 4.79 Å². The molecular weight excluding hydrogens is 588 g/mol. The Balaban J connectivity index is 1.57. The maximum absolute atomic E-state index is 13.6. The summed E-state index contributed by atoms with van der Waals surface area (Å²) in [5, 5.41) is 2.06. The number of fused-ring (bicyclic) bond motifs is 1. The number of furan rings is 1. The lowest BCUT2D eigenvalue weighted by atomic mass is 10.1. The van der Waals surface area contributed by atoms with E-state index in [1.165, 1.54) is 12.0 Å². The van der Waals surface area contributed by atoms with Crippen LogP contribution in [0.25, 0.3) is 0 Å². The first kappa shape index (κ1) is 31.5. The van der Waals surface area contributed by atoms with Crippen LogP contribution >= 0.6 is 0 Å². The lowest BCUT2D eigenvalue weighted by molar-refractivity contribution is -0.143. The molecule has 3 amide bonds. The van der Waals surface area contributed by atoms with E-state index in [2.05, 4.69) is 5.32 Å². The van der Waals surface area contributed by atoms with Crippen LogP contribution in [0.1, 0.15) is 28.2 Å². The van der Waals surface area contributed by atoms with E-state index in [9.17, 15) is 35.9 Å². The number of carbonyl (C=O) groups excluding carboxylic acids is 2. The molecule has 4 rings (SSSR count). The minimum Gasteiger partial charge on any atom is -0.464 e. The van der Waals surface area contributed by atoms with Crippen molar-refractivity contribution in [2.75, 3.05) is 38.9 Å². The zero-order valence-corrected chi connectivity index (χ0v) is 23.0. The van der Waals surface area contributed by atoms with Crippen LogP contribution < -0.4 is 14.8 Å². The van der Waals surface area contributed by atoms with Crippen LogP contribution in [0.2, 0.25) is 0 Å². The summed E-state index contributed by atoms with van der Waals surface area (Å²) in [4.78, 5) is 29.0. The van der Waals surface area contributed by atoms with E-state index in [1.54, 1.807) is 37.3 Å². The molecule has 0 spiro atoms. The summed E-state index contributed by atoms with van der Waals surface area (Å²) in [5.74, 6) is 1.49. The Bertz CT molecular complexity index is 1420. The number of aryl methyl sites for hydroxylation is 1. The Labute approximate surface area is 241 Å². The largest absolute Gasteiger partial charge is 0.464 e. The van der Waals surface area contributed by atoms with Crippen molar-refractivity contribution in [2.45, 2.75) is 32.4 Å². The molecule has 1 aromatic heterocycles. The van der Waals surface area contributed by atoms with Crippen LogP contribution in [0, 0.1) is 6.92 Å². The molecule has 0 saturated heterocycles. The molecule has 1 aliphatic rings. The predicted molar refractivity (Wildman–Crippen MR) is 139 cm³/mol. The number of anilines is 1. The summed E-state index contributed by atoms with van der Waals surface area (Å²) < 4.78 is 101. The van der Waals surface area contributed by atoms with Crippen molar-refractivity contribution in [3.05, 3.63) is 76.7 Å². The van der Waals surface area contributed by atoms with Crippen molar-refractivity contribution in [3.8, 4) is 11.5 Å². The number of benzene rings is 2. The van der Waals surface area contributed by atoms with Gasteiger partial charge in [-0.2, -0.15) is 26.3 Å². The Morgan fingerprint density at radius 3 is 2.16 bits per heavy atom. The maximum atomic E-state index is 13.6. The van der Waals surface area contributed by atoms with Gasteiger partial charge < -0.3 is 33.7 Å². The first-order valence-corrected chi connectivity index (χ1v) is 12.8. The number of alkyl halides is 6. The number of nitrogens with zero attached hydrogens (tertiary/aromatic N) is 2. The highest BCUT2D eigenvalue weighted by Crippen LogP contribution is 2.38. The lowest BCUT2D eigenvalue weighted by Gasteiger charge is -2.27. The second kappa shape index (κ2) is 12.9. The summed E-state index contributed by atoms with van der Waals surface area (Å²) in [7, 11) is 1.32. The third-order valence-corrected chi connectivity index (χ3v) is 6.32. The molecule has 1 aliphatic heterocycles. The van der Waals surface area contributed by atoms with Crippen molar-refractivity contribution in [1.82, 2.24) is 9.80 Å². The maximum Gasteiger partial charge on any atom is 0.416 e. The van der Waals surface area contributed by atoms with Crippen LogP contribution in [0.4, 0.5) is 36.8 Å². The van der Waals surface area contributed by atoms with Gasteiger partial charge in [0.05, 0.1) is 24.3 Å². The summed E-state index contributed by atoms with van der Waals surface area (Å²) in [6, 6.07) is 8.10. The van der Waals surface area contributed by atoms with Gasteiger partial charge in [-0.15, -0.1) is 0 Å². The molecule has 15 heteroatoms. The molecule has 0 fully saturated rings. The molecule has 2 heterocycles. The van der Waals surface area contributed by atoms with Crippen molar-refractivity contribution in [3.63, 3.8) is 0 Å². The Morgan fingerprint density at radius 1 is 0.884 bits per heavy atom. The highest BCUT2D eigenvalue weighted by molar-refractivity contribution is 5.92. The van der Waals surface area contributed by atoms with Crippen LogP contribution in [-0.4, -0.2) is 55.3 Å². The van der Waals surface area contributed by atoms with E-state index >= 15 is 0 Å². The molecule has 1 N–H and O–H groups in total. The average Bonchev–Trinajstić information content (AvgIpc) is 3.57. The zero-order chi connectivity index (χ0) is 31.4. The number of ether oxygens (including phenoxy) is 3. The fourth-order valence-corrected chi connectivity index (χ4v) is 4.20. The van der Waals surface area contributed by atoms with Crippen LogP contribution in [0.5, 0.6) is 11.5 Å². The molecule has 43 heavy (non-hydrogen) atoms. The number of hydrogen-bond acceptors (Lipinski definition) is 6. The molecular formula is C28H27F6N3O6. The van der Waals surface area contributed by atoms with Gasteiger partial charge in [-0.3, -0.25) is 4.79 Å². The molecule has 3 aromatic rings. The van der Waals surface area contributed by atoms with E-state index < -0.39 is 47.6 Å². The number of halogens is 6. The Morgan fingerprint density at radius 2 is 1.56 bits per heavy atom. The van der Waals surface area contributed by atoms with E-state index in [4.69, 9.17) is 18.6 Å². The lowest BCUT2D eigenvalue weighted by Crippen LogP contribution is -2.45. The second-order valence-corrected chi connectivity index (χ2v) is 9.59. The van der Waals surface area contributed by atoms with Gasteiger partial charge in [-0.1, -0.05) is 6.07 Å². The topological polar surface area (TPSA) is 93.5 Å². The molecule has 232 valence electrons. The first-order valence-electron chi connectivity index (χ1n) is 12.8. The normalized spacial score (nSPS) is 12.7. The highest BCUT2D eigenvalue weighted by Gasteiger charge is 2.37. The standard InChI is InChI=1S/C28H27F6N3O6/c1-17-3-5-22(43-17)14-37(13-18-4-6-23-24(9-18)42-16-41-23)25(38)15-36(7-8-40-2)26(39)35-21-11-19(27(29,30)31)10-20(12-21)28(32,33)34/h3-6,9-12H,7-8,13-16H2,1-2H3,(H,35,39). The number of rotatable bonds is 10. The fraction of sp³-hybridized carbons (Fsp3) is 0.357. The number of hydrogen-bond donors (Lipinski definition) is 1. The molecule has 0 unspecified atom stereocenters. The van der Waals surface area contributed by atoms with E-state index in [-0.39, 0.29) is 39.1 Å². The number of urea groups is 1. The summed E-state index contributed by atoms with van der Waals surface area (Å²) >= 11 is 0. The smallest absolute Gasteiger partial charge is 0.416 e. The molecule has 0 radical (unpaired) electrons. The fourth-order valence-electron chi connectivity index (χ4n) is 4.20. The van der Waals surface area contributed by atoms with E-state index in [1.807, 2.05) is 0 Å². The Hall–Kier alpha value is -4.40. The van der Waals surface area contributed by atoms with Gasteiger partial charge in [0.1, 0.15) is 18.1 Å². The third kappa shape index (κ3) is 8.34. The van der Waals surface area contributed by atoms with Crippen molar-refractivity contribution >= 4 is 17.6 Å². The Kier molecular flexibility index (Phi) is 9.43. The molecule has 0 atom stereocenters. The van der Waals surface area contributed by atoms with E-state index in [0.29, 0.717) is 40.7 Å². The molecule has 0 saturated carbocycles. The van der Waals surface area contributed by atoms with Gasteiger partial charge >= 0.3 is 18.4 Å². The van der Waals surface area contributed by atoms with Gasteiger partial charge in [0.25, 0.3) is 0 Å². The molecule has 0 bridgehead atoms. The third-order valence-electron chi connectivity index (χ3n) is 6.32. The SMILES string of the molecule is COCCN(CC(=O)N(Cc1ccc2c(c1)OCO2)Cc1ccc(C)o1)C(=O)Nc1cc(C(F)(F)F)cc(C(F)(F)F)c1. The summed E-state index contributed by atoms with van der Waals surface area (Å²) in [6.07, 6.45) is -10.2. The zero-order valence-electron chi connectivity index (χ0n) is 23.0. The number of methoxy groups -OCH3 is 1. The van der Waals surface area contributed by atoms with Gasteiger partial charge in [0, 0.05) is 25.9 Å². The number of nitrogens with one attached hydrogen (secondary N) is 1. The molecule has 2 aromatic carbocycles. The van der Waals surface area contributed by atoms with Crippen LogP contribution in [-0.2, 0) is 35.0 Å². The van der Waals surface area contributed by atoms with Crippen molar-refractivity contribution in [2.24, 2.45) is 0 Å². The first-order chi connectivity index (χ1) is 20.2. The summed E-state index contributed by atoms with van der Waals surface area (Å²) in [6.45, 7) is 0.980.